The van der Waals surface area contributed by atoms with Crippen LogP contribution in [0.4, 0.5) is 5.69 Å². The van der Waals surface area contributed by atoms with Gasteiger partial charge in [-0.1, -0.05) is 6.58 Å². The molecule has 0 aromatic heterocycles. The van der Waals surface area contributed by atoms with E-state index in [0.29, 0.717) is 130 Å². The van der Waals surface area contributed by atoms with Gasteiger partial charge in [-0.25, -0.2) is 0 Å². The Morgan fingerprint density at radius 1 is 0.575 bits per heavy atom. The Labute approximate surface area is 236 Å². The molecule has 13 heteroatoms. The maximum absolute atomic E-state index is 10.6. The van der Waals surface area contributed by atoms with E-state index in [0.717, 1.165) is 0 Å². The predicted molar refractivity (Wildman–Crippen MR) is 146 cm³/mol. The molecule has 40 heavy (non-hydrogen) atoms. The fourth-order valence-electron chi connectivity index (χ4n) is 2.80. The first-order valence-electron chi connectivity index (χ1n) is 13.4. The van der Waals surface area contributed by atoms with E-state index in [1.54, 1.807) is 19.1 Å². The van der Waals surface area contributed by atoms with Crippen molar-refractivity contribution < 1.29 is 52.3 Å². The molecule has 0 N–H and O–H groups in total. The van der Waals surface area contributed by atoms with Crippen molar-refractivity contribution in [3.05, 3.63) is 46.7 Å². The lowest BCUT2D eigenvalue weighted by molar-refractivity contribution is -0.384. The highest BCUT2D eigenvalue weighted by Crippen LogP contribution is 2.17. The van der Waals surface area contributed by atoms with Gasteiger partial charge in [0.25, 0.3) is 5.69 Å². The zero-order valence-electron chi connectivity index (χ0n) is 23.6. The minimum Gasteiger partial charge on any atom is -0.496 e. The second kappa shape index (κ2) is 26.8. The van der Waals surface area contributed by atoms with Crippen molar-refractivity contribution in [2.75, 3.05) is 119 Å². The minimum absolute atomic E-state index is 0.0268. The maximum Gasteiger partial charge on any atom is 0.269 e. The summed E-state index contributed by atoms with van der Waals surface area (Å²) < 4.78 is 54.0. The fraction of sp³-hybridized carbons (Fsp3) is 0.704. The number of hydrogen-bond donors (Lipinski definition) is 0. The molecule has 0 aliphatic carbocycles. The normalized spacial score (nSPS) is 11.0. The zero-order valence-corrected chi connectivity index (χ0v) is 23.6. The van der Waals surface area contributed by atoms with Gasteiger partial charge in [0, 0.05) is 12.1 Å². The number of hydrogen-bond acceptors (Lipinski definition) is 12. The average molecular weight is 576 g/mol. The monoisotopic (exact) mass is 575 g/mol. The van der Waals surface area contributed by atoms with Crippen molar-refractivity contribution >= 4 is 5.69 Å². The first kappa shape index (κ1) is 35.7. The van der Waals surface area contributed by atoms with Crippen LogP contribution in [-0.2, 0) is 42.6 Å². The van der Waals surface area contributed by atoms with Crippen molar-refractivity contribution in [3.8, 4) is 5.75 Å². The molecule has 0 bridgehead atoms. The van der Waals surface area contributed by atoms with Gasteiger partial charge < -0.3 is 47.4 Å². The minimum atomic E-state index is -0.452. The maximum atomic E-state index is 10.6. The summed E-state index contributed by atoms with van der Waals surface area (Å²) in [5.74, 6) is 1.24. The summed E-state index contributed by atoms with van der Waals surface area (Å²) in [4.78, 5) is 10.2. The molecule has 0 spiro atoms. The van der Waals surface area contributed by atoms with Crippen LogP contribution in [0.25, 0.3) is 0 Å². The summed E-state index contributed by atoms with van der Waals surface area (Å²) >= 11 is 0. The molecule has 0 atom stereocenters. The highest BCUT2D eigenvalue weighted by molar-refractivity contribution is 5.35. The number of nitrogens with zero attached hydrogens (tertiary/aromatic N) is 1. The van der Waals surface area contributed by atoms with E-state index in [1.807, 2.05) is 0 Å². The van der Waals surface area contributed by atoms with Crippen LogP contribution < -0.4 is 4.74 Å². The molecule has 0 heterocycles. The standard InChI is InChI=1S/C27H45NO12/c1-25(2)39-23-21-37-19-17-35-15-13-33-11-9-31-7-8-32-10-12-34-14-16-36-18-20-38-22-24-40-27-5-3-26(4-6-27)28(29)30/h3-6H,1,7-24H2,2H3. The molecule has 0 amide bonds. The second-order valence-corrected chi connectivity index (χ2v) is 8.05. The Bertz CT molecular complexity index is 735. The van der Waals surface area contributed by atoms with E-state index in [9.17, 15) is 10.1 Å². The van der Waals surface area contributed by atoms with Crippen LogP contribution in [0.2, 0.25) is 0 Å². The Morgan fingerprint density at radius 2 is 0.875 bits per heavy atom. The summed E-state index contributed by atoms with van der Waals surface area (Å²) in [7, 11) is 0. The number of allylic oxidation sites excluding steroid dienone is 1. The molecule has 0 unspecified atom stereocenters. The van der Waals surface area contributed by atoms with E-state index >= 15 is 0 Å². The van der Waals surface area contributed by atoms with Crippen LogP contribution in [0, 0.1) is 10.1 Å². The first-order valence-corrected chi connectivity index (χ1v) is 13.4. The van der Waals surface area contributed by atoms with Crippen molar-refractivity contribution in [1.82, 2.24) is 0 Å². The van der Waals surface area contributed by atoms with Crippen LogP contribution in [0.15, 0.2) is 36.6 Å². The van der Waals surface area contributed by atoms with Crippen molar-refractivity contribution in [3.63, 3.8) is 0 Å². The molecule has 0 fully saturated rings. The molecule has 0 saturated carbocycles. The lowest BCUT2D eigenvalue weighted by atomic mass is 10.3. The smallest absolute Gasteiger partial charge is 0.269 e. The molecule has 0 radical (unpaired) electrons. The highest BCUT2D eigenvalue weighted by atomic mass is 16.6. The van der Waals surface area contributed by atoms with E-state index < -0.39 is 4.92 Å². The van der Waals surface area contributed by atoms with Crippen LogP contribution in [0.1, 0.15) is 6.92 Å². The fourth-order valence-corrected chi connectivity index (χ4v) is 2.80. The summed E-state index contributed by atoms with van der Waals surface area (Å²) in [6, 6.07) is 5.91. The molecule has 0 aliphatic heterocycles. The molecule has 230 valence electrons. The third-order valence-electron chi connectivity index (χ3n) is 4.72. The van der Waals surface area contributed by atoms with Gasteiger partial charge in [-0.3, -0.25) is 10.1 Å². The molecular formula is C27H45NO12. The summed E-state index contributed by atoms with van der Waals surface area (Å²) in [5, 5.41) is 10.6. The second-order valence-electron chi connectivity index (χ2n) is 8.05. The topological polar surface area (TPSA) is 135 Å². The van der Waals surface area contributed by atoms with Crippen LogP contribution in [-0.4, -0.2) is 124 Å². The number of nitro benzene ring substituents is 1. The molecule has 1 aromatic rings. The van der Waals surface area contributed by atoms with Crippen LogP contribution >= 0.6 is 0 Å². The third kappa shape index (κ3) is 23.5. The van der Waals surface area contributed by atoms with E-state index in [-0.39, 0.29) is 5.69 Å². The highest BCUT2D eigenvalue weighted by Gasteiger charge is 2.04. The third-order valence-corrected chi connectivity index (χ3v) is 4.72. The van der Waals surface area contributed by atoms with Gasteiger partial charge in [-0.15, -0.1) is 0 Å². The van der Waals surface area contributed by atoms with Gasteiger partial charge in [-0.05, 0) is 19.1 Å². The van der Waals surface area contributed by atoms with E-state index in [1.165, 1.54) is 12.1 Å². The quantitative estimate of drug-likeness (QED) is 0.0577. The summed E-state index contributed by atoms with van der Waals surface area (Å²) in [6.45, 7) is 14.0. The lowest BCUT2D eigenvalue weighted by Gasteiger charge is -2.09. The molecular weight excluding hydrogens is 530 g/mol. The van der Waals surface area contributed by atoms with E-state index in [2.05, 4.69) is 6.58 Å². The van der Waals surface area contributed by atoms with Crippen molar-refractivity contribution in [2.24, 2.45) is 0 Å². The Morgan fingerprint density at radius 3 is 1.18 bits per heavy atom. The van der Waals surface area contributed by atoms with E-state index in [4.69, 9.17) is 47.4 Å². The SMILES string of the molecule is C=C(C)OCCOCCOCCOCCOCCOCCOCCOCCOCCOc1ccc([N+](=O)[O-])cc1. The van der Waals surface area contributed by atoms with Gasteiger partial charge in [0.05, 0.1) is 116 Å². The number of nitro groups is 1. The molecule has 1 rings (SSSR count). The van der Waals surface area contributed by atoms with Gasteiger partial charge >= 0.3 is 0 Å². The molecule has 0 aliphatic rings. The van der Waals surface area contributed by atoms with Gasteiger partial charge in [-0.2, -0.15) is 0 Å². The average Bonchev–Trinajstić information content (AvgIpc) is 2.94. The van der Waals surface area contributed by atoms with Gasteiger partial charge in [0.2, 0.25) is 0 Å². The van der Waals surface area contributed by atoms with Crippen LogP contribution in [0.5, 0.6) is 5.75 Å². The number of ether oxygens (including phenoxy) is 10. The number of non-ortho nitro benzene ring substituents is 1. The number of rotatable bonds is 30. The summed E-state index contributed by atoms with van der Waals surface area (Å²) in [5.41, 5.74) is 0.0268. The molecule has 13 nitrogen and oxygen atoms in total. The number of benzene rings is 1. The molecule has 1 aromatic carbocycles. The van der Waals surface area contributed by atoms with Crippen molar-refractivity contribution in [1.29, 1.82) is 0 Å². The predicted octanol–water partition coefficient (Wildman–Crippen LogP) is 2.66. The largest absolute Gasteiger partial charge is 0.496 e. The summed E-state index contributed by atoms with van der Waals surface area (Å²) in [6.07, 6.45) is 0. The lowest BCUT2D eigenvalue weighted by Crippen LogP contribution is -2.15. The first-order chi connectivity index (χ1) is 19.6. The van der Waals surface area contributed by atoms with Gasteiger partial charge in [0.1, 0.15) is 19.0 Å². The Kier molecular flexibility index (Phi) is 23.9. The van der Waals surface area contributed by atoms with Crippen molar-refractivity contribution in [2.45, 2.75) is 6.92 Å². The van der Waals surface area contributed by atoms with Gasteiger partial charge in [0.15, 0.2) is 0 Å². The molecule has 0 saturated heterocycles. The zero-order chi connectivity index (χ0) is 28.9. The Hall–Kier alpha value is -2.36. The van der Waals surface area contributed by atoms with Crippen LogP contribution in [0.3, 0.4) is 0 Å². The Balaban J connectivity index is 1.68.